The van der Waals surface area contributed by atoms with Crippen LogP contribution in [0.5, 0.6) is 0 Å². The maximum atomic E-state index is 8.60. The standard InChI is InChI=1S/C9H14N2/c1-9(2,3)11-5-4-8(6-10)7-11/h7H,4-5H2,1-3H3. The van der Waals surface area contributed by atoms with E-state index in [1.807, 2.05) is 6.20 Å². The molecule has 0 aromatic rings. The molecule has 0 saturated carbocycles. The summed E-state index contributed by atoms with van der Waals surface area (Å²) in [5, 5.41) is 8.60. The second kappa shape index (κ2) is 2.58. The van der Waals surface area contributed by atoms with Crippen LogP contribution in [0.15, 0.2) is 11.8 Å². The smallest absolute Gasteiger partial charge is 0.0963 e. The van der Waals surface area contributed by atoms with Crippen LogP contribution in [-0.2, 0) is 0 Å². The molecule has 2 heteroatoms. The van der Waals surface area contributed by atoms with Crippen LogP contribution in [-0.4, -0.2) is 17.0 Å². The highest BCUT2D eigenvalue weighted by atomic mass is 15.2. The van der Waals surface area contributed by atoms with Gasteiger partial charge in [0.25, 0.3) is 0 Å². The van der Waals surface area contributed by atoms with Crippen LogP contribution in [0.1, 0.15) is 27.2 Å². The van der Waals surface area contributed by atoms with Gasteiger partial charge in [0.15, 0.2) is 0 Å². The monoisotopic (exact) mass is 150 g/mol. The number of rotatable bonds is 0. The third-order valence-electron chi connectivity index (χ3n) is 1.94. The summed E-state index contributed by atoms with van der Waals surface area (Å²) in [6.45, 7) is 7.46. The van der Waals surface area contributed by atoms with Crippen LogP contribution >= 0.6 is 0 Å². The van der Waals surface area contributed by atoms with E-state index in [0.29, 0.717) is 0 Å². The first-order valence-electron chi connectivity index (χ1n) is 3.91. The van der Waals surface area contributed by atoms with E-state index in [-0.39, 0.29) is 5.54 Å². The van der Waals surface area contributed by atoms with Crippen LogP contribution in [0, 0.1) is 11.3 Å². The molecule has 1 aliphatic rings. The molecule has 0 spiro atoms. The summed E-state index contributed by atoms with van der Waals surface area (Å²) in [6.07, 6.45) is 2.88. The molecule has 1 rings (SSSR count). The molecular formula is C9H14N2. The van der Waals surface area contributed by atoms with E-state index in [0.717, 1.165) is 18.5 Å². The van der Waals surface area contributed by atoms with Gasteiger partial charge in [-0.15, -0.1) is 0 Å². The van der Waals surface area contributed by atoms with Crippen molar-refractivity contribution in [3.05, 3.63) is 11.8 Å². The Balaban J connectivity index is 2.69. The normalized spacial score (nSPS) is 18.0. The van der Waals surface area contributed by atoms with E-state index in [4.69, 9.17) is 5.26 Å². The summed E-state index contributed by atoms with van der Waals surface area (Å²) in [7, 11) is 0. The number of nitriles is 1. The third-order valence-corrected chi connectivity index (χ3v) is 1.94. The van der Waals surface area contributed by atoms with Crippen molar-refractivity contribution in [2.45, 2.75) is 32.7 Å². The lowest BCUT2D eigenvalue weighted by molar-refractivity contribution is 0.222. The molecule has 1 aliphatic heterocycles. The van der Waals surface area contributed by atoms with Gasteiger partial charge >= 0.3 is 0 Å². The van der Waals surface area contributed by atoms with Crippen LogP contribution < -0.4 is 0 Å². The van der Waals surface area contributed by atoms with Crippen molar-refractivity contribution in [2.75, 3.05) is 6.54 Å². The summed E-state index contributed by atoms with van der Waals surface area (Å²) in [5.74, 6) is 0. The van der Waals surface area contributed by atoms with Crippen molar-refractivity contribution in [1.82, 2.24) is 4.90 Å². The summed E-state index contributed by atoms with van der Waals surface area (Å²) < 4.78 is 0. The summed E-state index contributed by atoms with van der Waals surface area (Å²) in [4.78, 5) is 2.21. The Morgan fingerprint density at radius 1 is 1.55 bits per heavy atom. The second-order valence-corrected chi connectivity index (χ2v) is 3.88. The molecule has 0 aromatic heterocycles. The summed E-state index contributed by atoms with van der Waals surface area (Å²) in [5.41, 5.74) is 1.07. The number of hydrogen-bond donors (Lipinski definition) is 0. The van der Waals surface area contributed by atoms with Crippen molar-refractivity contribution in [3.8, 4) is 6.07 Å². The maximum absolute atomic E-state index is 8.60. The van der Waals surface area contributed by atoms with Gasteiger partial charge in [0, 0.05) is 30.3 Å². The van der Waals surface area contributed by atoms with E-state index in [9.17, 15) is 0 Å². The SMILES string of the molecule is CC(C)(C)N1C=C(C#N)CC1. The lowest BCUT2D eigenvalue weighted by Crippen LogP contribution is -2.35. The van der Waals surface area contributed by atoms with Gasteiger partial charge in [-0.2, -0.15) is 5.26 Å². The zero-order valence-corrected chi connectivity index (χ0v) is 7.39. The molecule has 0 fully saturated rings. The van der Waals surface area contributed by atoms with Gasteiger partial charge in [0.05, 0.1) is 6.07 Å². The molecule has 2 nitrogen and oxygen atoms in total. The topological polar surface area (TPSA) is 27.0 Å². The zero-order chi connectivity index (χ0) is 8.48. The van der Waals surface area contributed by atoms with Gasteiger partial charge in [-0.25, -0.2) is 0 Å². The molecule has 0 bridgehead atoms. The van der Waals surface area contributed by atoms with Crippen LogP contribution in [0.4, 0.5) is 0 Å². The highest BCUT2D eigenvalue weighted by Crippen LogP contribution is 2.22. The van der Waals surface area contributed by atoms with E-state index in [1.54, 1.807) is 0 Å². The second-order valence-electron chi connectivity index (χ2n) is 3.88. The fourth-order valence-electron chi connectivity index (χ4n) is 1.17. The Hall–Kier alpha value is -0.970. The molecule has 0 aromatic carbocycles. The molecule has 0 unspecified atom stereocenters. The molecular weight excluding hydrogens is 136 g/mol. The molecule has 0 radical (unpaired) electrons. The maximum Gasteiger partial charge on any atom is 0.0963 e. The summed E-state index contributed by atoms with van der Waals surface area (Å²) >= 11 is 0. The van der Waals surface area contributed by atoms with Crippen molar-refractivity contribution in [3.63, 3.8) is 0 Å². The Bertz CT molecular complexity index is 215. The minimum Gasteiger partial charge on any atom is -0.371 e. The van der Waals surface area contributed by atoms with Crippen molar-refractivity contribution < 1.29 is 0 Å². The fraction of sp³-hybridized carbons (Fsp3) is 0.667. The average molecular weight is 150 g/mol. The minimum atomic E-state index is 0.165. The van der Waals surface area contributed by atoms with E-state index in [2.05, 4.69) is 31.7 Å². The molecule has 0 amide bonds. The number of hydrogen-bond acceptors (Lipinski definition) is 2. The molecule has 0 N–H and O–H groups in total. The lowest BCUT2D eigenvalue weighted by atomic mass is 10.1. The predicted octanol–water partition coefficient (Wildman–Crippen LogP) is 1.90. The highest BCUT2D eigenvalue weighted by Gasteiger charge is 2.22. The molecule has 0 aliphatic carbocycles. The largest absolute Gasteiger partial charge is 0.371 e. The Labute approximate surface area is 68.1 Å². The van der Waals surface area contributed by atoms with Crippen molar-refractivity contribution in [1.29, 1.82) is 5.26 Å². The Morgan fingerprint density at radius 2 is 2.18 bits per heavy atom. The quantitative estimate of drug-likeness (QED) is 0.527. The van der Waals surface area contributed by atoms with E-state index < -0.39 is 0 Å². The fourth-order valence-corrected chi connectivity index (χ4v) is 1.17. The van der Waals surface area contributed by atoms with Gasteiger partial charge in [-0.1, -0.05) is 0 Å². The van der Waals surface area contributed by atoms with Crippen molar-refractivity contribution in [2.24, 2.45) is 0 Å². The van der Waals surface area contributed by atoms with Gasteiger partial charge in [-0.3, -0.25) is 0 Å². The van der Waals surface area contributed by atoms with E-state index in [1.165, 1.54) is 0 Å². The van der Waals surface area contributed by atoms with Crippen LogP contribution in [0.3, 0.4) is 0 Å². The Morgan fingerprint density at radius 3 is 2.45 bits per heavy atom. The first-order chi connectivity index (χ1) is 5.04. The lowest BCUT2D eigenvalue weighted by Gasteiger charge is -2.31. The molecule has 0 atom stereocenters. The first-order valence-corrected chi connectivity index (χ1v) is 3.91. The molecule has 11 heavy (non-hydrogen) atoms. The molecule has 1 heterocycles. The van der Waals surface area contributed by atoms with Gasteiger partial charge in [0.1, 0.15) is 0 Å². The average Bonchev–Trinajstić information content (AvgIpc) is 2.32. The molecule has 60 valence electrons. The number of nitrogens with zero attached hydrogens (tertiary/aromatic N) is 2. The predicted molar refractivity (Wildman–Crippen MR) is 44.8 cm³/mol. The van der Waals surface area contributed by atoms with Crippen LogP contribution in [0.2, 0.25) is 0 Å². The minimum absolute atomic E-state index is 0.165. The first kappa shape index (κ1) is 8.13. The zero-order valence-electron chi connectivity index (χ0n) is 7.39. The summed E-state index contributed by atoms with van der Waals surface area (Å²) in [6, 6.07) is 2.19. The van der Waals surface area contributed by atoms with Gasteiger partial charge < -0.3 is 4.90 Å². The van der Waals surface area contributed by atoms with E-state index >= 15 is 0 Å². The van der Waals surface area contributed by atoms with Gasteiger partial charge in [-0.05, 0) is 20.8 Å². The third kappa shape index (κ3) is 1.74. The Kier molecular flexibility index (Phi) is 1.90. The van der Waals surface area contributed by atoms with Crippen molar-refractivity contribution >= 4 is 0 Å². The van der Waals surface area contributed by atoms with Gasteiger partial charge in [0.2, 0.25) is 0 Å². The highest BCUT2D eigenvalue weighted by molar-refractivity contribution is 5.24. The molecule has 0 saturated heterocycles. The van der Waals surface area contributed by atoms with Crippen LogP contribution in [0.25, 0.3) is 0 Å².